The predicted octanol–water partition coefficient (Wildman–Crippen LogP) is 0.548. The number of halogens is 3. The van der Waals surface area contributed by atoms with E-state index in [9.17, 15) is 18.0 Å². The van der Waals surface area contributed by atoms with E-state index in [1.54, 1.807) is 0 Å². The van der Waals surface area contributed by atoms with Gasteiger partial charge in [-0.05, 0) is 0 Å². The largest absolute Gasteiger partial charge is 0.416 e. The fourth-order valence-corrected chi connectivity index (χ4v) is 1.74. The molecule has 1 unspecified atom stereocenters. The maximum absolute atomic E-state index is 12.6. The van der Waals surface area contributed by atoms with Crippen LogP contribution in [0.3, 0.4) is 0 Å². The number of nitrogens with zero attached hydrogens (tertiary/aromatic N) is 3. The van der Waals surface area contributed by atoms with Gasteiger partial charge in [-0.3, -0.25) is 4.79 Å². The average Bonchev–Trinajstić information content (AvgIpc) is 2.32. The van der Waals surface area contributed by atoms with Crippen molar-refractivity contribution in [3.63, 3.8) is 0 Å². The number of aromatic nitrogens is 2. The van der Waals surface area contributed by atoms with Crippen LogP contribution in [0, 0.1) is 0 Å². The zero-order valence-electron chi connectivity index (χ0n) is 9.65. The van der Waals surface area contributed by atoms with Crippen LogP contribution < -0.4 is 10.5 Å². The minimum absolute atomic E-state index is 0.0255. The summed E-state index contributed by atoms with van der Waals surface area (Å²) in [5.74, 6) is 0.0255. The highest BCUT2D eigenvalue weighted by atomic mass is 19.4. The standard InChI is InChI=1S/C10H12F3N3O2/c1-15-3-2-14-8(9(15)17)16-4-5-18-7(6-16)10(11,12)13/h2-3,7H,4-6H2,1H3. The van der Waals surface area contributed by atoms with Crippen LogP contribution in [0.25, 0.3) is 0 Å². The molecule has 1 saturated heterocycles. The third-order valence-electron chi connectivity index (χ3n) is 2.73. The minimum Gasteiger partial charge on any atom is -0.365 e. The van der Waals surface area contributed by atoms with Crippen molar-refractivity contribution in [3.05, 3.63) is 22.7 Å². The molecule has 0 radical (unpaired) electrons. The third-order valence-corrected chi connectivity index (χ3v) is 2.73. The molecule has 0 spiro atoms. The summed E-state index contributed by atoms with van der Waals surface area (Å²) in [5, 5.41) is 0. The van der Waals surface area contributed by atoms with Gasteiger partial charge >= 0.3 is 6.18 Å². The van der Waals surface area contributed by atoms with Crippen molar-refractivity contribution in [1.82, 2.24) is 9.55 Å². The van der Waals surface area contributed by atoms with Crippen molar-refractivity contribution in [1.29, 1.82) is 0 Å². The van der Waals surface area contributed by atoms with Crippen LogP contribution in [0.2, 0.25) is 0 Å². The molecule has 5 nitrogen and oxygen atoms in total. The lowest BCUT2D eigenvalue weighted by Gasteiger charge is -2.34. The van der Waals surface area contributed by atoms with Crippen molar-refractivity contribution < 1.29 is 17.9 Å². The van der Waals surface area contributed by atoms with E-state index in [-0.39, 0.29) is 19.0 Å². The molecule has 8 heteroatoms. The van der Waals surface area contributed by atoms with E-state index in [0.717, 1.165) is 0 Å². The third kappa shape index (κ3) is 2.47. The van der Waals surface area contributed by atoms with Crippen molar-refractivity contribution in [2.75, 3.05) is 24.6 Å². The van der Waals surface area contributed by atoms with Crippen LogP contribution in [-0.4, -0.2) is 41.5 Å². The quantitative estimate of drug-likeness (QED) is 0.742. The van der Waals surface area contributed by atoms with E-state index in [2.05, 4.69) is 9.72 Å². The first kappa shape index (κ1) is 12.9. The molecule has 0 aromatic carbocycles. The van der Waals surface area contributed by atoms with Gasteiger partial charge in [-0.15, -0.1) is 0 Å². The highest BCUT2D eigenvalue weighted by Gasteiger charge is 2.43. The number of aryl methyl sites for hydroxylation is 1. The van der Waals surface area contributed by atoms with Crippen LogP contribution >= 0.6 is 0 Å². The molecule has 100 valence electrons. The molecule has 1 fully saturated rings. The van der Waals surface area contributed by atoms with Crippen LogP contribution in [-0.2, 0) is 11.8 Å². The normalized spacial score (nSPS) is 21.1. The first-order valence-corrected chi connectivity index (χ1v) is 5.34. The van der Waals surface area contributed by atoms with E-state index < -0.39 is 24.4 Å². The number of rotatable bonds is 1. The van der Waals surface area contributed by atoms with Crippen LogP contribution in [0.15, 0.2) is 17.2 Å². The molecule has 0 amide bonds. The van der Waals surface area contributed by atoms with Gasteiger partial charge in [-0.2, -0.15) is 13.2 Å². The molecule has 0 saturated carbocycles. The lowest BCUT2D eigenvalue weighted by molar-refractivity contribution is -0.221. The van der Waals surface area contributed by atoms with Gasteiger partial charge in [0.1, 0.15) is 0 Å². The Morgan fingerprint density at radius 2 is 2.22 bits per heavy atom. The zero-order valence-corrected chi connectivity index (χ0v) is 9.65. The molecule has 0 aliphatic carbocycles. The van der Waals surface area contributed by atoms with E-state index >= 15 is 0 Å². The van der Waals surface area contributed by atoms with Gasteiger partial charge < -0.3 is 14.2 Å². The maximum Gasteiger partial charge on any atom is 0.416 e. The molecular weight excluding hydrogens is 251 g/mol. The van der Waals surface area contributed by atoms with Gasteiger partial charge in [0.15, 0.2) is 11.9 Å². The molecular formula is C10H12F3N3O2. The summed E-state index contributed by atoms with van der Waals surface area (Å²) in [6.45, 7) is -0.265. The monoisotopic (exact) mass is 263 g/mol. The molecule has 1 aliphatic heterocycles. The number of hydrogen-bond donors (Lipinski definition) is 0. The summed E-state index contributed by atoms with van der Waals surface area (Å²) in [5.41, 5.74) is -0.416. The van der Waals surface area contributed by atoms with Crippen LogP contribution in [0.5, 0.6) is 0 Å². The first-order chi connectivity index (χ1) is 8.39. The summed E-state index contributed by atoms with van der Waals surface area (Å²) in [6, 6.07) is 0. The summed E-state index contributed by atoms with van der Waals surface area (Å²) in [7, 11) is 1.52. The molecule has 1 aromatic heterocycles. The van der Waals surface area contributed by atoms with E-state index in [1.165, 1.54) is 28.9 Å². The van der Waals surface area contributed by atoms with Crippen LogP contribution in [0.1, 0.15) is 0 Å². The molecule has 0 N–H and O–H groups in total. The summed E-state index contributed by atoms with van der Waals surface area (Å²) >= 11 is 0. The predicted molar refractivity (Wildman–Crippen MR) is 57.5 cm³/mol. The van der Waals surface area contributed by atoms with Gasteiger partial charge in [-0.1, -0.05) is 0 Å². The Kier molecular flexibility index (Phi) is 3.29. The first-order valence-electron chi connectivity index (χ1n) is 5.34. The molecule has 18 heavy (non-hydrogen) atoms. The van der Waals surface area contributed by atoms with Crippen molar-refractivity contribution in [2.45, 2.75) is 12.3 Å². The fraction of sp³-hybridized carbons (Fsp3) is 0.600. The summed E-state index contributed by atoms with van der Waals surface area (Å²) < 4.78 is 43.6. The van der Waals surface area contributed by atoms with Gasteiger partial charge in [0.25, 0.3) is 5.56 Å². The van der Waals surface area contributed by atoms with Crippen molar-refractivity contribution in [3.8, 4) is 0 Å². The number of anilines is 1. The van der Waals surface area contributed by atoms with Crippen molar-refractivity contribution in [2.24, 2.45) is 7.05 Å². The zero-order chi connectivity index (χ0) is 13.3. The second kappa shape index (κ2) is 4.60. The lowest BCUT2D eigenvalue weighted by Crippen LogP contribution is -2.51. The molecule has 0 bridgehead atoms. The van der Waals surface area contributed by atoms with E-state index in [0.29, 0.717) is 0 Å². The SMILES string of the molecule is Cn1ccnc(N2CCOC(C(F)(F)F)C2)c1=O. The Morgan fingerprint density at radius 3 is 2.89 bits per heavy atom. The Morgan fingerprint density at radius 1 is 1.50 bits per heavy atom. The minimum atomic E-state index is -4.43. The van der Waals surface area contributed by atoms with Gasteiger partial charge in [-0.25, -0.2) is 4.98 Å². The number of hydrogen-bond acceptors (Lipinski definition) is 4. The van der Waals surface area contributed by atoms with Crippen LogP contribution in [0.4, 0.5) is 19.0 Å². The Balaban J connectivity index is 2.24. The molecule has 1 aromatic rings. The Bertz CT molecular complexity index is 486. The second-order valence-corrected chi connectivity index (χ2v) is 4.01. The summed E-state index contributed by atoms with van der Waals surface area (Å²) in [6.07, 6.45) is -3.47. The van der Waals surface area contributed by atoms with Gasteiger partial charge in [0.2, 0.25) is 0 Å². The molecule has 2 rings (SSSR count). The van der Waals surface area contributed by atoms with Gasteiger partial charge in [0, 0.05) is 26.0 Å². The van der Waals surface area contributed by atoms with Crippen molar-refractivity contribution >= 4 is 5.82 Å². The topological polar surface area (TPSA) is 47.4 Å². The van der Waals surface area contributed by atoms with E-state index in [4.69, 9.17) is 0 Å². The molecule has 1 atom stereocenters. The second-order valence-electron chi connectivity index (χ2n) is 4.01. The Hall–Kier alpha value is -1.57. The van der Waals surface area contributed by atoms with Gasteiger partial charge in [0.05, 0.1) is 13.2 Å². The smallest absolute Gasteiger partial charge is 0.365 e. The maximum atomic E-state index is 12.6. The average molecular weight is 263 g/mol. The summed E-state index contributed by atoms with van der Waals surface area (Å²) in [4.78, 5) is 16.9. The number of morpholine rings is 1. The number of alkyl halides is 3. The molecule has 2 heterocycles. The Labute approximate surface area is 101 Å². The highest BCUT2D eigenvalue weighted by Crippen LogP contribution is 2.26. The fourth-order valence-electron chi connectivity index (χ4n) is 1.74. The number of ether oxygens (including phenoxy) is 1. The lowest BCUT2D eigenvalue weighted by atomic mass is 10.2. The molecule has 1 aliphatic rings. The highest BCUT2D eigenvalue weighted by molar-refractivity contribution is 5.36. The van der Waals surface area contributed by atoms with E-state index in [1.807, 2.05) is 0 Å².